The summed E-state index contributed by atoms with van der Waals surface area (Å²) in [6, 6.07) is 0. The Labute approximate surface area is 49.8 Å². The van der Waals surface area contributed by atoms with E-state index in [9.17, 15) is 0 Å². The predicted octanol–water partition coefficient (Wildman–Crippen LogP) is 1.41. The van der Waals surface area contributed by atoms with E-state index >= 15 is 0 Å². The summed E-state index contributed by atoms with van der Waals surface area (Å²) in [5.41, 5.74) is 0. The molecular weight excluding hydrogens is 145 g/mol. The molecule has 0 N–H and O–H groups in total. The first-order chi connectivity index (χ1) is 3.45. The Kier molecular flexibility index (Phi) is 0.707. The van der Waals surface area contributed by atoms with Gasteiger partial charge >= 0.3 is 49.2 Å². The standard InChI is InChI=1S/C6H6Ge/c1-2-6-4-3-5(1)7-6/h1-6H. The van der Waals surface area contributed by atoms with E-state index in [4.69, 9.17) is 0 Å². The molecule has 0 unspecified atom stereocenters. The molecule has 0 aliphatic carbocycles. The summed E-state index contributed by atoms with van der Waals surface area (Å²) in [7, 11) is 0. The first-order valence-electron chi connectivity index (χ1n) is 2.58. The third-order valence-electron chi connectivity index (χ3n) is 1.44. The van der Waals surface area contributed by atoms with E-state index in [2.05, 4.69) is 24.3 Å². The van der Waals surface area contributed by atoms with Crippen molar-refractivity contribution in [3.8, 4) is 0 Å². The molecule has 2 radical (unpaired) electrons. The van der Waals surface area contributed by atoms with Gasteiger partial charge in [-0.1, -0.05) is 0 Å². The number of rotatable bonds is 0. The molecule has 2 bridgehead atoms. The molecule has 2 aliphatic rings. The molecule has 0 amide bonds. The fraction of sp³-hybridized carbons (Fsp3) is 0.333. The van der Waals surface area contributed by atoms with Gasteiger partial charge in [-0.05, 0) is 0 Å². The Morgan fingerprint density at radius 2 is 1.29 bits per heavy atom. The Bertz CT molecular complexity index is 107. The molecule has 0 aromatic rings. The van der Waals surface area contributed by atoms with Crippen LogP contribution in [0.4, 0.5) is 0 Å². The monoisotopic (exact) mass is 152 g/mol. The molecule has 0 saturated carbocycles. The van der Waals surface area contributed by atoms with E-state index in [0.29, 0.717) is 15.4 Å². The van der Waals surface area contributed by atoms with Crippen LogP contribution in [0.15, 0.2) is 24.3 Å². The van der Waals surface area contributed by atoms with Crippen molar-refractivity contribution in [2.24, 2.45) is 0 Å². The Balaban J connectivity index is 2.38. The zero-order valence-corrected chi connectivity index (χ0v) is 6.06. The van der Waals surface area contributed by atoms with Gasteiger partial charge in [0.2, 0.25) is 0 Å². The van der Waals surface area contributed by atoms with E-state index in [1.807, 2.05) is 0 Å². The molecule has 0 aromatic carbocycles. The first kappa shape index (κ1) is 3.96. The van der Waals surface area contributed by atoms with Crippen LogP contribution < -0.4 is 0 Å². The van der Waals surface area contributed by atoms with Gasteiger partial charge in [0.1, 0.15) is 0 Å². The summed E-state index contributed by atoms with van der Waals surface area (Å²) in [5, 5.41) is 0. The van der Waals surface area contributed by atoms with Gasteiger partial charge in [-0.3, -0.25) is 0 Å². The average molecular weight is 151 g/mol. The quantitative estimate of drug-likeness (QED) is 0.362. The van der Waals surface area contributed by atoms with E-state index < -0.39 is 0 Å². The van der Waals surface area contributed by atoms with Crippen molar-refractivity contribution >= 4 is 15.4 Å². The maximum atomic E-state index is 2.35. The van der Waals surface area contributed by atoms with E-state index in [1.54, 1.807) is 0 Å². The Hall–Kier alpha value is 0.0229. The molecule has 7 heavy (non-hydrogen) atoms. The van der Waals surface area contributed by atoms with E-state index in [-0.39, 0.29) is 0 Å². The summed E-state index contributed by atoms with van der Waals surface area (Å²) >= 11 is 0.389. The normalized spacial score (nSPS) is 43.4. The average Bonchev–Trinajstić information content (AvgIpc) is 2.22. The number of allylic oxidation sites excluding steroid dienone is 4. The second-order valence-electron chi connectivity index (χ2n) is 1.99. The molecule has 0 aromatic heterocycles. The molecule has 1 heteroatoms. The zero-order chi connectivity index (χ0) is 4.69. The predicted molar refractivity (Wildman–Crippen MR) is 31.5 cm³/mol. The second-order valence-corrected chi connectivity index (χ2v) is 5.48. The summed E-state index contributed by atoms with van der Waals surface area (Å²) in [5.74, 6) is 0. The van der Waals surface area contributed by atoms with Gasteiger partial charge in [-0.25, -0.2) is 0 Å². The molecule has 2 rings (SSSR count). The zero-order valence-electron chi connectivity index (χ0n) is 3.96. The molecule has 2 aliphatic heterocycles. The molecule has 0 saturated heterocycles. The van der Waals surface area contributed by atoms with Crippen LogP contribution in [-0.2, 0) is 0 Å². The van der Waals surface area contributed by atoms with Gasteiger partial charge in [0, 0.05) is 0 Å². The summed E-state index contributed by atoms with van der Waals surface area (Å²) in [6.45, 7) is 0. The van der Waals surface area contributed by atoms with Gasteiger partial charge < -0.3 is 0 Å². The van der Waals surface area contributed by atoms with E-state index in [0.717, 1.165) is 9.50 Å². The minimum absolute atomic E-state index is 0.389. The van der Waals surface area contributed by atoms with Crippen molar-refractivity contribution < 1.29 is 0 Å². The fourth-order valence-corrected chi connectivity index (χ4v) is 3.85. The van der Waals surface area contributed by atoms with E-state index in [1.165, 1.54) is 0 Å². The van der Waals surface area contributed by atoms with Crippen molar-refractivity contribution in [3.63, 3.8) is 0 Å². The van der Waals surface area contributed by atoms with Crippen LogP contribution in [0, 0.1) is 0 Å². The van der Waals surface area contributed by atoms with Crippen LogP contribution >= 0.6 is 0 Å². The van der Waals surface area contributed by atoms with Crippen LogP contribution in [0.3, 0.4) is 0 Å². The second kappa shape index (κ2) is 1.25. The molecule has 2 heterocycles. The SMILES string of the molecule is C1=C[CH]2C=C[CH]1[Ge]2. The summed E-state index contributed by atoms with van der Waals surface area (Å²) < 4.78 is 1.87. The van der Waals surface area contributed by atoms with Crippen LogP contribution in [-0.4, -0.2) is 15.4 Å². The number of hydrogen-bond donors (Lipinski definition) is 0. The topological polar surface area (TPSA) is 0 Å². The number of fused-ring (bicyclic) bond motifs is 2. The van der Waals surface area contributed by atoms with Crippen LogP contribution in [0.25, 0.3) is 0 Å². The molecule has 0 atom stereocenters. The molecule has 0 spiro atoms. The molecule has 34 valence electrons. The minimum atomic E-state index is 0.389. The van der Waals surface area contributed by atoms with Gasteiger partial charge in [-0.2, -0.15) is 0 Å². The molecular formula is C6H6Ge. The van der Waals surface area contributed by atoms with Crippen molar-refractivity contribution in [2.45, 2.75) is 9.50 Å². The third-order valence-corrected chi connectivity index (χ3v) is 4.67. The maximum absolute atomic E-state index is 2.35. The first-order valence-corrected chi connectivity index (χ1v) is 5.00. The van der Waals surface area contributed by atoms with Crippen LogP contribution in [0.1, 0.15) is 0 Å². The summed E-state index contributed by atoms with van der Waals surface area (Å²) in [6.07, 6.45) is 9.41. The van der Waals surface area contributed by atoms with Gasteiger partial charge in [0.15, 0.2) is 0 Å². The van der Waals surface area contributed by atoms with Crippen LogP contribution in [0.5, 0.6) is 0 Å². The molecule has 0 nitrogen and oxygen atoms in total. The van der Waals surface area contributed by atoms with Crippen molar-refractivity contribution in [3.05, 3.63) is 24.3 Å². The van der Waals surface area contributed by atoms with Crippen molar-refractivity contribution in [2.75, 3.05) is 0 Å². The van der Waals surface area contributed by atoms with Crippen molar-refractivity contribution in [1.82, 2.24) is 0 Å². The van der Waals surface area contributed by atoms with Gasteiger partial charge in [0.25, 0.3) is 0 Å². The fourth-order valence-electron chi connectivity index (χ4n) is 1.05. The number of hydrogen-bond acceptors (Lipinski definition) is 0. The van der Waals surface area contributed by atoms with Gasteiger partial charge in [-0.15, -0.1) is 0 Å². The van der Waals surface area contributed by atoms with Crippen LogP contribution in [0.2, 0.25) is 9.50 Å². The third kappa shape index (κ3) is 0.496. The van der Waals surface area contributed by atoms with Gasteiger partial charge in [0.05, 0.1) is 0 Å². The molecule has 0 fully saturated rings. The van der Waals surface area contributed by atoms with Crippen molar-refractivity contribution in [1.29, 1.82) is 0 Å². The Morgan fingerprint density at radius 3 is 1.43 bits per heavy atom. The summed E-state index contributed by atoms with van der Waals surface area (Å²) in [4.78, 5) is 0. The Morgan fingerprint density at radius 1 is 0.857 bits per heavy atom.